The fraction of sp³-hybridized carbons (Fsp3) is 0.615. The van der Waals surface area contributed by atoms with E-state index in [0.29, 0.717) is 0 Å². The molecule has 0 unspecified atom stereocenters. The number of nitrogens with zero attached hydrogens (tertiary/aromatic N) is 2. The van der Waals surface area contributed by atoms with Crippen LogP contribution in [-0.4, -0.2) is 36.6 Å². The molecule has 2 rings (SSSR count). The third kappa shape index (κ3) is 3.29. The molecule has 1 aliphatic heterocycles. The summed E-state index contributed by atoms with van der Waals surface area (Å²) in [6.07, 6.45) is 4.50. The Morgan fingerprint density at radius 1 is 1.38 bits per heavy atom. The van der Waals surface area contributed by atoms with Crippen LogP contribution in [0, 0.1) is 5.92 Å². The lowest BCUT2D eigenvalue weighted by atomic mass is 9.97. The minimum absolute atomic E-state index is 0.866. The summed E-state index contributed by atoms with van der Waals surface area (Å²) >= 11 is 0. The second-order valence-electron chi connectivity index (χ2n) is 4.60. The van der Waals surface area contributed by atoms with Gasteiger partial charge in [-0.2, -0.15) is 0 Å². The molecular weight excluding hydrogens is 198 g/mol. The summed E-state index contributed by atoms with van der Waals surface area (Å²) in [6, 6.07) is 6.15. The first kappa shape index (κ1) is 11.6. The smallest absolute Gasteiger partial charge is 0.0543 e. The molecule has 1 fully saturated rings. The maximum absolute atomic E-state index is 4.37. The van der Waals surface area contributed by atoms with Crippen LogP contribution in [0.4, 0.5) is 0 Å². The Morgan fingerprint density at radius 3 is 2.81 bits per heavy atom. The Morgan fingerprint density at radius 2 is 2.19 bits per heavy atom. The van der Waals surface area contributed by atoms with Crippen LogP contribution in [0.3, 0.4) is 0 Å². The number of piperidine rings is 1. The number of hydrogen-bond donors (Lipinski definition) is 1. The lowest BCUT2D eigenvalue weighted by molar-refractivity contribution is 0.175. The predicted molar refractivity (Wildman–Crippen MR) is 66.2 cm³/mol. The van der Waals surface area contributed by atoms with Gasteiger partial charge in [0, 0.05) is 12.7 Å². The van der Waals surface area contributed by atoms with Gasteiger partial charge in [0.15, 0.2) is 0 Å². The zero-order chi connectivity index (χ0) is 11.2. The van der Waals surface area contributed by atoms with Gasteiger partial charge in [0.2, 0.25) is 0 Å². The summed E-state index contributed by atoms with van der Waals surface area (Å²) < 4.78 is 0. The first-order valence-corrected chi connectivity index (χ1v) is 6.15. The van der Waals surface area contributed by atoms with E-state index < -0.39 is 0 Å². The monoisotopic (exact) mass is 219 g/mol. The molecule has 0 bridgehead atoms. The quantitative estimate of drug-likeness (QED) is 0.832. The van der Waals surface area contributed by atoms with Crippen molar-refractivity contribution >= 4 is 0 Å². The summed E-state index contributed by atoms with van der Waals surface area (Å²) in [5.74, 6) is 0.866. The Bertz CT molecular complexity index is 291. The second-order valence-corrected chi connectivity index (χ2v) is 4.60. The highest BCUT2D eigenvalue weighted by Crippen LogP contribution is 2.17. The summed E-state index contributed by atoms with van der Waals surface area (Å²) in [6.45, 7) is 4.59. The summed E-state index contributed by atoms with van der Waals surface area (Å²) in [5, 5.41) is 3.27. The average Bonchev–Trinajstić information content (AvgIpc) is 2.33. The van der Waals surface area contributed by atoms with Gasteiger partial charge in [-0.05, 0) is 57.6 Å². The number of nitrogens with one attached hydrogen (secondary N) is 1. The van der Waals surface area contributed by atoms with E-state index in [1.165, 1.54) is 31.6 Å². The first-order valence-electron chi connectivity index (χ1n) is 6.15. The normalized spacial score (nSPS) is 18.8. The summed E-state index contributed by atoms with van der Waals surface area (Å²) in [7, 11) is 2.04. The van der Waals surface area contributed by atoms with Crippen LogP contribution in [0.15, 0.2) is 24.4 Å². The molecule has 88 valence electrons. The largest absolute Gasteiger partial charge is 0.319 e. The number of rotatable bonds is 4. The van der Waals surface area contributed by atoms with Crippen molar-refractivity contribution < 1.29 is 0 Å². The SMILES string of the molecule is CNCC1CCN(Cc2ccccn2)CC1. The molecule has 1 aliphatic rings. The molecule has 1 aromatic heterocycles. The highest BCUT2D eigenvalue weighted by atomic mass is 15.1. The van der Waals surface area contributed by atoms with Gasteiger partial charge in [-0.15, -0.1) is 0 Å². The van der Waals surface area contributed by atoms with E-state index in [4.69, 9.17) is 0 Å². The van der Waals surface area contributed by atoms with E-state index in [-0.39, 0.29) is 0 Å². The van der Waals surface area contributed by atoms with Crippen LogP contribution < -0.4 is 5.32 Å². The minimum Gasteiger partial charge on any atom is -0.319 e. The molecule has 1 aromatic rings. The molecule has 0 atom stereocenters. The molecule has 0 aromatic carbocycles. The summed E-state index contributed by atoms with van der Waals surface area (Å²) in [4.78, 5) is 6.88. The van der Waals surface area contributed by atoms with E-state index in [0.717, 1.165) is 19.0 Å². The molecule has 0 spiro atoms. The molecule has 0 amide bonds. The number of pyridine rings is 1. The Balaban J connectivity index is 1.77. The van der Waals surface area contributed by atoms with Crippen molar-refractivity contribution in [3.8, 4) is 0 Å². The fourth-order valence-electron chi connectivity index (χ4n) is 2.36. The van der Waals surface area contributed by atoms with Crippen LogP contribution in [0.2, 0.25) is 0 Å². The third-order valence-electron chi connectivity index (χ3n) is 3.31. The molecule has 3 nitrogen and oxygen atoms in total. The van der Waals surface area contributed by atoms with Gasteiger partial charge in [0.25, 0.3) is 0 Å². The van der Waals surface area contributed by atoms with Gasteiger partial charge in [-0.1, -0.05) is 6.07 Å². The molecule has 1 saturated heterocycles. The molecular formula is C13H21N3. The maximum Gasteiger partial charge on any atom is 0.0543 e. The van der Waals surface area contributed by atoms with E-state index in [1.54, 1.807) is 0 Å². The Hall–Kier alpha value is -0.930. The van der Waals surface area contributed by atoms with Crippen LogP contribution in [-0.2, 0) is 6.54 Å². The minimum atomic E-state index is 0.866. The van der Waals surface area contributed by atoms with E-state index in [1.807, 2.05) is 19.3 Å². The molecule has 0 radical (unpaired) electrons. The molecule has 2 heterocycles. The zero-order valence-electron chi connectivity index (χ0n) is 10.0. The lowest BCUT2D eigenvalue weighted by Crippen LogP contribution is -2.36. The molecule has 16 heavy (non-hydrogen) atoms. The van der Waals surface area contributed by atoms with Crippen molar-refractivity contribution in [2.24, 2.45) is 5.92 Å². The molecule has 3 heteroatoms. The Kier molecular flexibility index (Phi) is 4.31. The van der Waals surface area contributed by atoms with Crippen LogP contribution in [0.5, 0.6) is 0 Å². The van der Waals surface area contributed by atoms with Gasteiger partial charge in [0.05, 0.1) is 5.69 Å². The lowest BCUT2D eigenvalue weighted by Gasteiger charge is -2.31. The number of likely N-dealkylation sites (tertiary alicyclic amines) is 1. The second kappa shape index (κ2) is 5.97. The third-order valence-corrected chi connectivity index (χ3v) is 3.31. The van der Waals surface area contributed by atoms with Crippen LogP contribution in [0.25, 0.3) is 0 Å². The van der Waals surface area contributed by atoms with Gasteiger partial charge < -0.3 is 5.32 Å². The first-order chi connectivity index (χ1) is 7.88. The van der Waals surface area contributed by atoms with Crippen molar-refractivity contribution in [1.82, 2.24) is 15.2 Å². The van der Waals surface area contributed by atoms with Gasteiger partial charge in [-0.3, -0.25) is 9.88 Å². The van der Waals surface area contributed by atoms with Crippen LogP contribution >= 0.6 is 0 Å². The maximum atomic E-state index is 4.37. The van der Waals surface area contributed by atoms with E-state index >= 15 is 0 Å². The van der Waals surface area contributed by atoms with E-state index in [2.05, 4.69) is 27.3 Å². The topological polar surface area (TPSA) is 28.2 Å². The standard InChI is InChI=1S/C13H21N3/c1-14-10-12-5-8-16(9-6-12)11-13-4-2-3-7-15-13/h2-4,7,12,14H,5-6,8-11H2,1H3. The van der Waals surface area contributed by atoms with Crippen molar-refractivity contribution in [2.45, 2.75) is 19.4 Å². The van der Waals surface area contributed by atoms with Gasteiger partial charge in [-0.25, -0.2) is 0 Å². The van der Waals surface area contributed by atoms with E-state index in [9.17, 15) is 0 Å². The number of hydrogen-bond acceptors (Lipinski definition) is 3. The highest BCUT2D eigenvalue weighted by Gasteiger charge is 2.18. The van der Waals surface area contributed by atoms with Crippen molar-refractivity contribution in [2.75, 3.05) is 26.7 Å². The summed E-state index contributed by atoms with van der Waals surface area (Å²) in [5.41, 5.74) is 1.19. The highest BCUT2D eigenvalue weighted by molar-refractivity contribution is 5.03. The Labute approximate surface area is 97.9 Å². The van der Waals surface area contributed by atoms with Gasteiger partial charge >= 0.3 is 0 Å². The predicted octanol–water partition coefficient (Wildman–Crippen LogP) is 1.51. The average molecular weight is 219 g/mol. The van der Waals surface area contributed by atoms with Crippen molar-refractivity contribution in [1.29, 1.82) is 0 Å². The fourth-order valence-corrected chi connectivity index (χ4v) is 2.36. The molecule has 0 aliphatic carbocycles. The molecule has 0 saturated carbocycles. The van der Waals surface area contributed by atoms with Crippen molar-refractivity contribution in [3.63, 3.8) is 0 Å². The van der Waals surface area contributed by atoms with Gasteiger partial charge in [0.1, 0.15) is 0 Å². The molecule has 1 N–H and O–H groups in total. The number of aromatic nitrogens is 1. The van der Waals surface area contributed by atoms with Crippen LogP contribution in [0.1, 0.15) is 18.5 Å². The zero-order valence-corrected chi connectivity index (χ0v) is 10.0. The van der Waals surface area contributed by atoms with Crippen molar-refractivity contribution in [3.05, 3.63) is 30.1 Å².